The third-order valence-corrected chi connectivity index (χ3v) is 6.06. The fourth-order valence-electron chi connectivity index (χ4n) is 4.20. The molecule has 3 aromatic heterocycles. The molecule has 0 fully saturated rings. The highest BCUT2D eigenvalue weighted by atomic mass is 19.4. The zero-order valence-corrected chi connectivity index (χ0v) is 22.4. The quantitative estimate of drug-likeness (QED) is 0.158. The number of alkyl halides is 6. The van der Waals surface area contributed by atoms with Crippen molar-refractivity contribution < 1.29 is 49.8 Å². The van der Waals surface area contributed by atoms with Gasteiger partial charge in [-0.05, 0) is 79.7 Å². The number of aryl methyl sites for hydroxylation is 1. The molecule has 1 aliphatic heterocycles. The smallest absolute Gasteiger partial charge is 0.424 e. The number of aromatic nitrogens is 3. The van der Waals surface area contributed by atoms with E-state index in [9.17, 15) is 35.9 Å². The number of rotatable bonds is 5. The lowest BCUT2D eigenvalue weighted by Crippen LogP contribution is -2.16. The second-order valence-corrected chi connectivity index (χ2v) is 9.07. The molecule has 228 valence electrons. The first-order chi connectivity index (χ1) is 20.8. The lowest BCUT2D eigenvalue weighted by atomic mass is 10.1. The Labute approximate surface area is 243 Å². The molecule has 1 aliphatic rings. The molecule has 6 rings (SSSR count). The summed E-state index contributed by atoms with van der Waals surface area (Å²) in [6.07, 6.45) is -9.35. The summed E-state index contributed by atoms with van der Waals surface area (Å²) in [6, 6.07) is 17.2. The first kappa shape index (κ1) is 30.1. The van der Waals surface area contributed by atoms with Gasteiger partial charge in [0.05, 0.1) is 23.5 Å². The summed E-state index contributed by atoms with van der Waals surface area (Å²) in [5, 5.41) is 0. The number of oxazole rings is 1. The van der Waals surface area contributed by atoms with E-state index in [2.05, 4.69) is 19.4 Å². The maximum Gasteiger partial charge on any atom is 0.573 e. The topological polar surface area (TPSA) is 106 Å². The highest BCUT2D eigenvalue weighted by molar-refractivity contribution is 5.80. The van der Waals surface area contributed by atoms with Gasteiger partial charge in [0.15, 0.2) is 17.0 Å². The van der Waals surface area contributed by atoms with Gasteiger partial charge in [-0.25, -0.2) is 14.8 Å². The van der Waals surface area contributed by atoms with Crippen LogP contribution in [0.25, 0.3) is 33.7 Å². The van der Waals surface area contributed by atoms with E-state index >= 15 is 0 Å². The number of carbonyl (C=O) groups excluding carboxylic acids is 1. The molecule has 0 saturated heterocycles. The van der Waals surface area contributed by atoms with Gasteiger partial charge in [0.2, 0.25) is 0 Å². The van der Waals surface area contributed by atoms with Gasteiger partial charge in [-0.1, -0.05) is 0 Å². The fraction of sp³-hybridized carbons (Fsp3) is 0.172. The van der Waals surface area contributed by atoms with Crippen molar-refractivity contribution in [3.63, 3.8) is 0 Å². The minimum absolute atomic E-state index is 0.0957. The van der Waals surface area contributed by atoms with Gasteiger partial charge in [0.25, 0.3) is 0 Å². The average molecular weight is 619 g/mol. The van der Waals surface area contributed by atoms with Crippen molar-refractivity contribution in [1.29, 1.82) is 0 Å². The molecular formula is C29H19F6N3O6. The van der Waals surface area contributed by atoms with E-state index in [0.29, 0.717) is 51.7 Å². The van der Waals surface area contributed by atoms with Crippen LogP contribution in [0.3, 0.4) is 0 Å². The standard InChI is InChI=1S/C15H11F3N2O3.C14H8F3NO3/c1-2-20-13-12(22-14(20)21)8-7-11(19-13)9-3-5-10(6-4-9)23-15(16,17)18;15-14(16,17)21-9-3-1-8(2-4-9)10-5-6-12-11(18-10)7-13(19)20-12/h3-8H,2H2,1H3;1-6H,7H2. The molecule has 0 spiro atoms. The van der Waals surface area contributed by atoms with Crippen LogP contribution >= 0.6 is 0 Å². The Morgan fingerprint density at radius 1 is 0.750 bits per heavy atom. The Kier molecular flexibility index (Phi) is 8.04. The Morgan fingerprint density at radius 3 is 1.80 bits per heavy atom. The molecule has 0 radical (unpaired) electrons. The number of pyridine rings is 2. The van der Waals surface area contributed by atoms with Crippen LogP contribution in [0.4, 0.5) is 26.3 Å². The summed E-state index contributed by atoms with van der Waals surface area (Å²) in [5.41, 5.74) is 3.55. The third kappa shape index (κ3) is 7.17. The number of esters is 1. The zero-order valence-electron chi connectivity index (χ0n) is 22.4. The van der Waals surface area contributed by atoms with E-state index in [1.807, 2.05) is 0 Å². The first-order valence-electron chi connectivity index (χ1n) is 12.7. The van der Waals surface area contributed by atoms with Crippen molar-refractivity contribution in [1.82, 2.24) is 14.5 Å². The van der Waals surface area contributed by atoms with Gasteiger partial charge < -0.3 is 18.6 Å². The third-order valence-electron chi connectivity index (χ3n) is 6.06. The predicted octanol–water partition coefficient (Wildman–Crippen LogP) is 6.68. The molecule has 0 saturated carbocycles. The molecule has 2 aromatic carbocycles. The van der Waals surface area contributed by atoms with Crippen molar-refractivity contribution in [3.8, 4) is 39.8 Å². The Morgan fingerprint density at radius 2 is 1.27 bits per heavy atom. The summed E-state index contributed by atoms with van der Waals surface area (Å²) in [7, 11) is 0. The van der Waals surface area contributed by atoms with E-state index in [1.54, 1.807) is 31.2 Å². The molecule has 0 N–H and O–H groups in total. The molecule has 44 heavy (non-hydrogen) atoms. The van der Waals surface area contributed by atoms with Crippen molar-refractivity contribution in [2.75, 3.05) is 0 Å². The predicted molar refractivity (Wildman–Crippen MR) is 142 cm³/mol. The van der Waals surface area contributed by atoms with Crippen LogP contribution in [0.1, 0.15) is 12.6 Å². The summed E-state index contributed by atoms with van der Waals surface area (Å²) in [5.74, 6) is -1.06. The van der Waals surface area contributed by atoms with E-state index in [4.69, 9.17) is 9.15 Å². The molecular weight excluding hydrogens is 600 g/mol. The van der Waals surface area contributed by atoms with Crippen molar-refractivity contribution in [3.05, 3.63) is 89.0 Å². The number of halogens is 6. The molecule has 9 nitrogen and oxygen atoms in total. The van der Waals surface area contributed by atoms with Crippen molar-refractivity contribution in [2.24, 2.45) is 0 Å². The summed E-state index contributed by atoms with van der Waals surface area (Å²) in [6.45, 7) is 2.19. The largest absolute Gasteiger partial charge is 0.573 e. The maximum absolute atomic E-state index is 12.1. The molecule has 0 atom stereocenters. The SMILES string of the molecule is CCn1c(=O)oc2ccc(-c3ccc(OC(F)(F)F)cc3)nc21.O=C1Cc2nc(-c3ccc(OC(F)(F)F)cc3)ccc2O1. The number of hydrogen-bond donors (Lipinski definition) is 0. The van der Waals surface area contributed by atoms with E-state index < -0.39 is 18.5 Å². The summed E-state index contributed by atoms with van der Waals surface area (Å²) in [4.78, 5) is 31.4. The molecule has 4 heterocycles. The minimum atomic E-state index is -4.73. The maximum atomic E-state index is 12.1. The Bertz CT molecular complexity index is 1860. The van der Waals surface area contributed by atoms with Crippen LogP contribution in [0.2, 0.25) is 0 Å². The summed E-state index contributed by atoms with van der Waals surface area (Å²) < 4.78 is 91.6. The second-order valence-electron chi connectivity index (χ2n) is 9.07. The fourth-order valence-corrected chi connectivity index (χ4v) is 4.20. The molecule has 0 aliphatic carbocycles. The molecule has 15 heteroatoms. The van der Waals surface area contributed by atoms with Gasteiger partial charge in [-0.15, -0.1) is 26.3 Å². The first-order valence-corrected chi connectivity index (χ1v) is 12.7. The lowest BCUT2D eigenvalue weighted by Gasteiger charge is -2.09. The summed E-state index contributed by atoms with van der Waals surface area (Å²) >= 11 is 0. The number of ether oxygens (including phenoxy) is 3. The lowest BCUT2D eigenvalue weighted by molar-refractivity contribution is -0.275. The van der Waals surface area contributed by atoms with Crippen LogP contribution in [-0.4, -0.2) is 33.2 Å². The van der Waals surface area contributed by atoms with Gasteiger partial charge in [0.1, 0.15) is 11.5 Å². The van der Waals surface area contributed by atoms with Crippen molar-refractivity contribution in [2.45, 2.75) is 32.6 Å². The monoisotopic (exact) mass is 619 g/mol. The molecule has 0 amide bonds. The van der Waals surface area contributed by atoms with Gasteiger partial charge in [-0.3, -0.25) is 9.36 Å². The van der Waals surface area contributed by atoms with E-state index in [0.717, 1.165) is 0 Å². The van der Waals surface area contributed by atoms with Gasteiger partial charge >= 0.3 is 24.5 Å². The molecule has 0 unspecified atom stereocenters. The minimum Gasteiger partial charge on any atom is -0.424 e. The zero-order chi connectivity index (χ0) is 31.6. The van der Waals surface area contributed by atoms with E-state index in [-0.39, 0.29) is 23.9 Å². The van der Waals surface area contributed by atoms with Crippen LogP contribution < -0.4 is 20.0 Å². The number of carbonyl (C=O) groups is 1. The highest BCUT2D eigenvalue weighted by Gasteiger charge is 2.31. The molecule has 5 aromatic rings. The average Bonchev–Trinajstić information content (AvgIpc) is 3.48. The second kappa shape index (κ2) is 11.7. The normalized spacial score (nSPS) is 12.8. The van der Waals surface area contributed by atoms with Crippen LogP contribution in [-0.2, 0) is 17.8 Å². The number of fused-ring (bicyclic) bond motifs is 2. The Balaban J connectivity index is 0.000000175. The Hall–Kier alpha value is -5.34. The van der Waals surface area contributed by atoms with Crippen LogP contribution in [0, 0.1) is 0 Å². The van der Waals surface area contributed by atoms with Crippen molar-refractivity contribution >= 4 is 17.2 Å². The molecule has 0 bridgehead atoms. The number of benzene rings is 2. The number of nitrogens with zero attached hydrogens (tertiary/aromatic N) is 3. The highest BCUT2D eigenvalue weighted by Crippen LogP contribution is 2.30. The number of hydrogen-bond acceptors (Lipinski definition) is 8. The van der Waals surface area contributed by atoms with Crippen LogP contribution in [0.5, 0.6) is 17.2 Å². The van der Waals surface area contributed by atoms with Gasteiger partial charge in [0, 0.05) is 17.7 Å². The van der Waals surface area contributed by atoms with E-state index in [1.165, 1.54) is 53.1 Å². The van der Waals surface area contributed by atoms with Crippen LogP contribution in [0.15, 0.2) is 82.0 Å². The van der Waals surface area contributed by atoms with Gasteiger partial charge in [-0.2, -0.15) is 0 Å².